The van der Waals surface area contributed by atoms with E-state index in [1.165, 1.54) is 18.2 Å². The number of hydrogen-bond acceptors (Lipinski definition) is 4. The van der Waals surface area contributed by atoms with E-state index in [2.05, 4.69) is 10.6 Å². The van der Waals surface area contributed by atoms with Crippen molar-refractivity contribution in [2.75, 3.05) is 16.8 Å². The number of amides is 2. The average Bonchev–Trinajstić information content (AvgIpc) is 2.88. The largest absolute Gasteiger partial charge is 0.455 e. The molecule has 25 heavy (non-hydrogen) atoms. The highest BCUT2D eigenvalue weighted by Crippen LogP contribution is 2.29. The van der Waals surface area contributed by atoms with Crippen molar-refractivity contribution in [1.82, 2.24) is 5.32 Å². The molecule has 1 aliphatic rings. The predicted molar refractivity (Wildman–Crippen MR) is 92.1 cm³/mol. The molecule has 0 aliphatic carbocycles. The van der Waals surface area contributed by atoms with Crippen molar-refractivity contribution in [2.24, 2.45) is 0 Å². The number of urea groups is 1. The molecule has 1 aliphatic heterocycles. The summed E-state index contributed by atoms with van der Waals surface area (Å²) in [5.74, 6) is 0.251. The lowest BCUT2D eigenvalue weighted by atomic mass is 10.2. The van der Waals surface area contributed by atoms with Crippen molar-refractivity contribution in [3.05, 3.63) is 54.3 Å². The van der Waals surface area contributed by atoms with Gasteiger partial charge in [-0.15, -0.1) is 0 Å². The smallest absolute Gasteiger partial charge is 0.319 e. The summed E-state index contributed by atoms with van der Waals surface area (Å²) in [5.41, 5.74) is 0.394. The zero-order chi connectivity index (χ0) is 17.9. The van der Waals surface area contributed by atoms with Gasteiger partial charge in [0.25, 0.3) is 0 Å². The van der Waals surface area contributed by atoms with Gasteiger partial charge in [0.15, 0.2) is 15.6 Å². The molecule has 2 aromatic carbocycles. The van der Waals surface area contributed by atoms with E-state index in [-0.39, 0.29) is 11.5 Å². The van der Waals surface area contributed by atoms with Crippen LogP contribution in [0, 0.1) is 5.82 Å². The van der Waals surface area contributed by atoms with Crippen LogP contribution in [0.15, 0.2) is 48.5 Å². The van der Waals surface area contributed by atoms with Gasteiger partial charge < -0.3 is 15.4 Å². The molecule has 3 rings (SSSR count). The summed E-state index contributed by atoms with van der Waals surface area (Å²) in [6.07, 6.45) is 0.400. The first-order chi connectivity index (χ1) is 11.9. The molecule has 6 nitrogen and oxygen atoms in total. The van der Waals surface area contributed by atoms with Gasteiger partial charge in [-0.25, -0.2) is 17.6 Å². The molecular weight excluding hydrogens is 347 g/mol. The van der Waals surface area contributed by atoms with Crippen LogP contribution in [0.5, 0.6) is 11.5 Å². The van der Waals surface area contributed by atoms with Crippen LogP contribution in [0.4, 0.5) is 14.9 Å². The second kappa shape index (κ2) is 7.10. The van der Waals surface area contributed by atoms with E-state index in [9.17, 15) is 17.6 Å². The van der Waals surface area contributed by atoms with Gasteiger partial charge >= 0.3 is 6.03 Å². The van der Waals surface area contributed by atoms with E-state index in [0.717, 1.165) is 0 Å². The number of carbonyl (C=O) groups excluding carboxylic acids is 1. The molecule has 0 spiro atoms. The SMILES string of the molecule is O=C(Nc1ccccc1Oc1cccc(F)c1)N[C@@H]1CCS(=O)(=O)C1. The molecule has 1 heterocycles. The van der Waals surface area contributed by atoms with Gasteiger partial charge in [0.05, 0.1) is 17.2 Å². The molecule has 2 N–H and O–H groups in total. The molecule has 0 saturated carbocycles. The first kappa shape index (κ1) is 17.2. The molecule has 1 fully saturated rings. The number of para-hydroxylation sites is 2. The van der Waals surface area contributed by atoms with Crippen molar-refractivity contribution in [3.63, 3.8) is 0 Å². The van der Waals surface area contributed by atoms with E-state index >= 15 is 0 Å². The summed E-state index contributed by atoms with van der Waals surface area (Å²) < 4.78 is 41.8. The predicted octanol–water partition coefficient (Wildman–Crippen LogP) is 2.93. The van der Waals surface area contributed by atoms with Crippen LogP contribution in [-0.4, -0.2) is 32.0 Å². The monoisotopic (exact) mass is 364 g/mol. The molecule has 8 heteroatoms. The maximum Gasteiger partial charge on any atom is 0.319 e. The molecule has 0 unspecified atom stereocenters. The summed E-state index contributed by atoms with van der Waals surface area (Å²) in [6, 6.07) is 11.5. The number of sulfone groups is 1. The lowest BCUT2D eigenvalue weighted by Crippen LogP contribution is -2.38. The average molecular weight is 364 g/mol. The highest BCUT2D eigenvalue weighted by Gasteiger charge is 2.29. The number of rotatable bonds is 4. The number of benzene rings is 2. The molecule has 0 aromatic heterocycles. The Kier molecular flexibility index (Phi) is 4.89. The van der Waals surface area contributed by atoms with Gasteiger partial charge in [-0.3, -0.25) is 0 Å². The molecule has 0 bridgehead atoms. The van der Waals surface area contributed by atoms with Crippen LogP contribution >= 0.6 is 0 Å². The fourth-order valence-electron chi connectivity index (χ4n) is 2.57. The van der Waals surface area contributed by atoms with Crippen LogP contribution < -0.4 is 15.4 Å². The highest BCUT2D eigenvalue weighted by molar-refractivity contribution is 7.91. The molecule has 2 amide bonds. The standard InChI is InChI=1S/C17H17FN2O4S/c18-12-4-3-5-14(10-12)24-16-7-2-1-6-15(16)20-17(21)19-13-8-9-25(22,23)11-13/h1-7,10,13H,8-9,11H2,(H2,19,20,21)/t13-/m1/s1. The third kappa shape index (κ3) is 4.69. The second-order valence-corrected chi connectivity index (χ2v) is 7.98. The van der Waals surface area contributed by atoms with E-state index in [4.69, 9.17) is 4.74 Å². The molecule has 0 radical (unpaired) electrons. The topological polar surface area (TPSA) is 84.5 Å². The first-order valence-corrected chi connectivity index (χ1v) is 9.54. The number of ether oxygens (including phenoxy) is 1. The lowest BCUT2D eigenvalue weighted by Gasteiger charge is -2.15. The third-order valence-corrected chi connectivity index (χ3v) is 5.49. The number of anilines is 1. The Morgan fingerprint density at radius 2 is 1.96 bits per heavy atom. The summed E-state index contributed by atoms with van der Waals surface area (Å²) >= 11 is 0. The van der Waals surface area contributed by atoms with Crippen LogP contribution in [0.25, 0.3) is 0 Å². The van der Waals surface area contributed by atoms with E-state index < -0.39 is 27.7 Å². The zero-order valence-electron chi connectivity index (χ0n) is 13.2. The molecule has 1 saturated heterocycles. The minimum atomic E-state index is -3.07. The Bertz CT molecular complexity index is 886. The molecule has 1 atom stereocenters. The van der Waals surface area contributed by atoms with Gasteiger partial charge in [0, 0.05) is 12.1 Å². The zero-order valence-corrected chi connectivity index (χ0v) is 14.1. The summed E-state index contributed by atoms with van der Waals surface area (Å²) in [6.45, 7) is 0. The van der Waals surface area contributed by atoms with Crippen molar-refractivity contribution >= 4 is 21.6 Å². The minimum Gasteiger partial charge on any atom is -0.455 e. The van der Waals surface area contributed by atoms with E-state index in [0.29, 0.717) is 23.6 Å². The van der Waals surface area contributed by atoms with Crippen molar-refractivity contribution in [2.45, 2.75) is 12.5 Å². The fraction of sp³-hybridized carbons (Fsp3) is 0.235. The summed E-state index contributed by atoms with van der Waals surface area (Å²) in [4.78, 5) is 12.1. The Labute approximate surface area is 144 Å². The number of halogens is 1. The van der Waals surface area contributed by atoms with Crippen molar-refractivity contribution in [1.29, 1.82) is 0 Å². The summed E-state index contributed by atoms with van der Waals surface area (Å²) in [5, 5.41) is 5.27. The van der Waals surface area contributed by atoms with Gasteiger partial charge in [-0.05, 0) is 30.7 Å². The number of carbonyl (C=O) groups is 1. The van der Waals surface area contributed by atoms with Gasteiger partial charge in [-0.1, -0.05) is 18.2 Å². The lowest BCUT2D eigenvalue weighted by molar-refractivity contribution is 0.249. The Balaban J connectivity index is 1.67. The highest BCUT2D eigenvalue weighted by atomic mass is 32.2. The van der Waals surface area contributed by atoms with Crippen LogP contribution in [0.2, 0.25) is 0 Å². The maximum atomic E-state index is 13.3. The van der Waals surface area contributed by atoms with Gasteiger partial charge in [-0.2, -0.15) is 0 Å². The molecule has 132 valence electrons. The summed E-state index contributed by atoms with van der Waals surface area (Å²) in [7, 11) is -3.07. The van der Waals surface area contributed by atoms with Gasteiger partial charge in [0.2, 0.25) is 0 Å². The maximum absolute atomic E-state index is 13.3. The van der Waals surface area contributed by atoms with Crippen LogP contribution in [-0.2, 0) is 9.84 Å². The Morgan fingerprint density at radius 1 is 1.16 bits per heavy atom. The first-order valence-electron chi connectivity index (χ1n) is 7.72. The van der Waals surface area contributed by atoms with E-state index in [1.807, 2.05) is 0 Å². The second-order valence-electron chi connectivity index (χ2n) is 5.75. The van der Waals surface area contributed by atoms with Crippen LogP contribution in [0.3, 0.4) is 0 Å². The van der Waals surface area contributed by atoms with Crippen molar-refractivity contribution in [3.8, 4) is 11.5 Å². The quantitative estimate of drug-likeness (QED) is 0.874. The number of hydrogen-bond donors (Lipinski definition) is 2. The van der Waals surface area contributed by atoms with Gasteiger partial charge in [0.1, 0.15) is 11.6 Å². The van der Waals surface area contributed by atoms with Crippen LogP contribution in [0.1, 0.15) is 6.42 Å². The minimum absolute atomic E-state index is 0.0537. The fourth-order valence-corrected chi connectivity index (χ4v) is 4.24. The number of nitrogens with one attached hydrogen (secondary N) is 2. The third-order valence-electron chi connectivity index (χ3n) is 3.73. The van der Waals surface area contributed by atoms with E-state index in [1.54, 1.807) is 30.3 Å². The molecule has 2 aromatic rings. The normalized spacial score (nSPS) is 18.5. The Morgan fingerprint density at radius 3 is 2.68 bits per heavy atom. The van der Waals surface area contributed by atoms with Crippen molar-refractivity contribution < 1.29 is 22.3 Å². The Hall–Kier alpha value is -2.61. The molecular formula is C17H17FN2O4S.